The first-order chi connectivity index (χ1) is 11.6. The van der Waals surface area contributed by atoms with Crippen molar-refractivity contribution in [2.24, 2.45) is 0 Å². The number of hydrogen-bond donors (Lipinski definition) is 0. The molecule has 0 saturated heterocycles. The number of fused-ring (bicyclic) bond motifs is 2. The zero-order valence-corrected chi connectivity index (χ0v) is 13.9. The van der Waals surface area contributed by atoms with Gasteiger partial charge >= 0.3 is 4.87 Å². The first kappa shape index (κ1) is 14.8. The van der Waals surface area contributed by atoms with Gasteiger partial charge in [0.15, 0.2) is 0 Å². The maximum atomic E-state index is 12.7. The Labute approximate surface area is 141 Å². The SMILES string of the molecule is Cc1nc2ccccn2c(=O)c1CCn1c(=O)sc2ccccc21. The summed E-state index contributed by atoms with van der Waals surface area (Å²) in [7, 11) is 0. The molecule has 4 rings (SSSR count). The Morgan fingerprint density at radius 1 is 1.08 bits per heavy atom. The number of para-hydroxylation sites is 1. The lowest BCUT2D eigenvalue weighted by Crippen LogP contribution is -2.24. The Balaban J connectivity index is 1.76. The Morgan fingerprint density at radius 2 is 1.88 bits per heavy atom. The zero-order chi connectivity index (χ0) is 16.7. The maximum Gasteiger partial charge on any atom is 0.308 e. The van der Waals surface area contributed by atoms with Gasteiger partial charge in [-0.2, -0.15) is 0 Å². The van der Waals surface area contributed by atoms with Gasteiger partial charge in [0.2, 0.25) is 0 Å². The molecule has 0 aliphatic heterocycles. The molecule has 6 heteroatoms. The molecule has 0 unspecified atom stereocenters. The number of hydrogen-bond acceptors (Lipinski definition) is 4. The van der Waals surface area contributed by atoms with Gasteiger partial charge in [0, 0.05) is 24.0 Å². The van der Waals surface area contributed by atoms with E-state index in [0.29, 0.717) is 24.2 Å². The molecule has 120 valence electrons. The highest BCUT2D eigenvalue weighted by atomic mass is 32.1. The van der Waals surface area contributed by atoms with E-state index in [9.17, 15) is 9.59 Å². The maximum absolute atomic E-state index is 12.7. The van der Waals surface area contributed by atoms with Crippen molar-refractivity contribution in [1.82, 2.24) is 14.0 Å². The van der Waals surface area contributed by atoms with E-state index in [1.54, 1.807) is 15.2 Å². The van der Waals surface area contributed by atoms with Crippen LogP contribution in [0, 0.1) is 6.92 Å². The second-order valence-corrected chi connectivity index (χ2v) is 6.64. The van der Waals surface area contributed by atoms with Crippen LogP contribution in [0.3, 0.4) is 0 Å². The van der Waals surface area contributed by atoms with E-state index in [-0.39, 0.29) is 10.4 Å². The smallest absolute Gasteiger partial charge is 0.298 e. The Hall–Kier alpha value is -2.73. The minimum absolute atomic E-state index is 0.00250. The van der Waals surface area contributed by atoms with Crippen molar-refractivity contribution in [3.63, 3.8) is 0 Å². The van der Waals surface area contributed by atoms with Gasteiger partial charge in [-0.25, -0.2) is 4.98 Å². The second kappa shape index (κ2) is 5.72. The molecule has 0 aliphatic carbocycles. The molecule has 4 aromatic rings. The van der Waals surface area contributed by atoms with Crippen molar-refractivity contribution < 1.29 is 0 Å². The van der Waals surface area contributed by atoms with Gasteiger partial charge in [-0.05, 0) is 37.6 Å². The van der Waals surface area contributed by atoms with E-state index < -0.39 is 0 Å². The van der Waals surface area contributed by atoms with Crippen molar-refractivity contribution in [2.45, 2.75) is 19.9 Å². The van der Waals surface area contributed by atoms with Crippen molar-refractivity contribution in [3.05, 3.63) is 79.9 Å². The highest BCUT2D eigenvalue weighted by Crippen LogP contribution is 2.17. The number of rotatable bonds is 3. The standard InChI is InChI=1S/C18H15N3O2S/c1-12-13(17(22)21-10-5-4-8-16(21)19-12)9-11-20-14-6-2-3-7-15(14)24-18(20)23/h2-8,10H,9,11H2,1H3. The summed E-state index contributed by atoms with van der Waals surface area (Å²) in [6.07, 6.45) is 2.20. The molecular weight excluding hydrogens is 322 g/mol. The van der Waals surface area contributed by atoms with Gasteiger partial charge in [0.05, 0.1) is 10.2 Å². The summed E-state index contributed by atoms with van der Waals surface area (Å²) in [6.45, 7) is 2.32. The second-order valence-electron chi connectivity index (χ2n) is 5.65. The number of benzene rings is 1. The van der Waals surface area contributed by atoms with Crippen LogP contribution in [0.4, 0.5) is 0 Å². The van der Waals surface area contributed by atoms with Crippen LogP contribution in [-0.4, -0.2) is 14.0 Å². The summed E-state index contributed by atoms with van der Waals surface area (Å²) in [4.78, 5) is 29.4. The largest absolute Gasteiger partial charge is 0.308 e. The van der Waals surface area contributed by atoms with Gasteiger partial charge in [-0.15, -0.1) is 0 Å². The number of aryl methyl sites for hydroxylation is 2. The monoisotopic (exact) mass is 337 g/mol. The number of thiazole rings is 1. The third kappa shape index (κ3) is 2.35. The van der Waals surface area contributed by atoms with Crippen LogP contribution in [0.1, 0.15) is 11.3 Å². The molecule has 0 bridgehead atoms. The zero-order valence-electron chi connectivity index (χ0n) is 13.1. The van der Waals surface area contributed by atoms with Crippen LogP contribution in [0.25, 0.3) is 15.9 Å². The predicted molar refractivity (Wildman–Crippen MR) is 96.0 cm³/mol. The van der Waals surface area contributed by atoms with Crippen LogP contribution in [-0.2, 0) is 13.0 Å². The summed E-state index contributed by atoms with van der Waals surface area (Å²) in [5, 5.41) is 0. The third-order valence-electron chi connectivity index (χ3n) is 4.19. The molecule has 0 aliphatic rings. The molecule has 5 nitrogen and oxygen atoms in total. The van der Waals surface area contributed by atoms with E-state index in [1.165, 1.54) is 11.3 Å². The molecular formula is C18H15N3O2S. The van der Waals surface area contributed by atoms with Crippen molar-refractivity contribution >= 4 is 27.2 Å². The van der Waals surface area contributed by atoms with Gasteiger partial charge in [-0.1, -0.05) is 29.5 Å². The molecule has 3 heterocycles. The van der Waals surface area contributed by atoms with Gasteiger partial charge in [-0.3, -0.25) is 18.6 Å². The first-order valence-corrected chi connectivity index (χ1v) is 8.52. The average molecular weight is 337 g/mol. The molecule has 0 saturated carbocycles. The van der Waals surface area contributed by atoms with Crippen molar-refractivity contribution in [2.75, 3.05) is 0 Å². The fraction of sp³-hybridized carbons (Fsp3) is 0.167. The Kier molecular flexibility index (Phi) is 3.54. The third-order valence-corrected chi connectivity index (χ3v) is 5.15. The highest BCUT2D eigenvalue weighted by Gasteiger charge is 2.12. The molecule has 0 amide bonds. The Bertz CT molecular complexity index is 1170. The fourth-order valence-corrected chi connectivity index (χ4v) is 3.89. The van der Waals surface area contributed by atoms with Crippen molar-refractivity contribution in [1.29, 1.82) is 0 Å². The van der Waals surface area contributed by atoms with Crippen LogP contribution in [0.2, 0.25) is 0 Å². The predicted octanol–water partition coefficient (Wildman–Crippen LogP) is 2.62. The minimum Gasteiger partial charge on any atom is -0.298 e. The van der Waals surface area contributed by atoms with Gasteiger partial charge in [0.25, 0.3) is 5.56 Å². The number of pyridine rings is 1. The van der Waals surface area contributed by atoms with Crippen LogP contribution in [0.5, 0.6) is 0 Å². The van der Waals surface area contributed by atoms with E-state index in [2.05, 4.69) is 4.98 Å². The lowest BCUT2D eigenvalue weighted by molar-refractivity contribution is 0.695. The molecule has 0 atom stereocenters. The van der Waals surface area contributed by atoms with E-state index >= 15 is 0 Å². The van der Waals surface area contributed by atoms with E-state index in [1.807, 2.05) is 49.4 Å². The summed E-state index contributed by atoms with van der Waals surface area (Å²) < 4.78 is 4.25. The fourth-order valence-electron chi connectivity index (χ4n) is 2.97. The highest BCUT2D eigenvalue weighted by molar-refractivity contribution is 7.16. The number of aromatic nitrogens is 3. The summed E-state index contributed by atoms with van der Waals surface area (Å²) >= 11 is 1.23. The number of nitrogens with zero attached hydrogens (tertiary/aromatic N) is 3. The first-order valence-electron chi connectivity index (χ1n) is 7.70. The molecule has 3 aromatic heterocycles. The van der Waals surface area contributed by atoms with Gasteiger partial charge in [0.1, 0.15) is 5.65 Å². The van der Waals surface area contributed by atoms with E-state index in [0.717, 1.165) is 15.9 Å². The molecule has 0 radical (unpaired) electrons. The van der Waals surface area contributed by atoms with Crippen LogP contribution < -0.4 is 10.4 Å². The average Bonchev–Trinajstić information content (AvgIpc) is 2.90. The molecule has 24 heavy (non-hydrogen) atoms. The van der Waals surface area contributed by atoms with Crippen LogP contribution >= 0.6 is 11.3 Å². The van der Waals surface area contributed by atoms with Crippen LogP contribution in [0.15, 0.2) is 58.3 Å². The molecule has 0 N–H and O–H groups in total. The molecule has 1 aromatic carbocycles. The topological polar surface area (TPSA) is 56.4 Å². The summed E-state index contributed by atoms with van der Waals surface area (Å²) in [5.41, 5.74) is 2.87. The lowest BCUT2D eigenvalue weighted by atomic mass is 10.1. The van der Waals surface area contributed by atoms with Gasteiger partial charge < -0.3 is 0 Å². The normalized spacial score (nSPS) is 11.4. The molecule has 0 spiro atoms. The molecule has 0 fully saturated rings. The lowest BCUT2D eigenvalue weighted by Gasteiger charge is -2.08. The summed E-state index contributed by atoms with van der Waals surface area (Å²) in [6, 6.07) is 13.2. The minimum atomic E-state index is -0.0642. The van der Waals surface area contributed by atoms with E-state index in [4.69, 9.17) is 0 Å². The summed E-state index contributed by atoms with van der Waals surface area (Å²) in [5.74, 6) is 0. The quantitative estimate of drug-likeness (QED) is 0.577. The van der Waals surface area contributed by atoms with Crippen molar-refractivity contribution in [3.8, 4) is 0 Å². The Morgan fingerprint density at radius 3 is 2.75 bits per heavy atom.